The zero-order valence-corrected chi connectivity index (χ0v) is 17.0. The number of amides is 1. The number of nitrogens with zero attached hydrogens (tertiary/aromatic N) is 4. The number of nitriles is 1. The maximum absolute atomic E-state index is 12.7. The number of carbonyl (C=O) groups is 1. The van der Waals surface area contributed by atoms with Crippen molar-refractivity contribution in [3.05, 3.63) is 58.4 Å². The maximum atomic E-state index is 12.7. The van der Waals surface area contributed by atoms with Crippen molar-refractivity contribution in [1.82, 2.24) is 14.9 Å². The van der Waals surface area contributed by atoms with Crippen LogP contribution in [0.25, 0.3) is 10.9 Å². The summed E-state index contributed by atoms with van der Waals surface area (Å²) in [7, 11) is 0. The van der Waals surface area contributed by atoms with Crippen LogP contribution in [0.1, 0.15) is 5.56 Å². The molecule has 1 amide bonds. The van der Waals surface area contributed by atoms with Crippen LogP contribution in [-0.2, 0) is 11.2 Å². The summed E-state index contributed by atoms with van der Waals surface area (Å²) in [6.07, 6.45) is 3.23. The van der Waals surface area contributed by atoms with Gasteiger partial charge in [0.25, 0.3) is 5.69 Å². The number of ether oxygens (including phenoxy) is 1. The molecule has 0 spiro atoms. The average Bonchev–Trinajstić information content (AvgIpc) is 3.40. The lowest BCUT2D eigenvalue weighted by molar-refractivity contribution is -0.385. The molecule has 1 saturated heterocycles. The molecule has 11 heteroatoms. The lowest BCUT2D eigenvalue weighted by atomic mass is 10.0. The molecule has 1 aliphatic heterocycles. The predicted octanol–water partition coefficient (Wildman–Crippen LogP) is 2.56. The Morgan fingerprint density at radius 1 is 1.48 bits per heavy atom. The number of thioether (sulfide) groups is 1. The van der Waals surface area contributed by atoms with Crippen LogP contribution >= 0.6 is 11.8 Å². The highest BCUT2D eigenvalue weighted by Gasteiger charge is 2.32. The summed E-state index contributed by atoms with van der Waals surface area (Å²) >= 11 is 1.54. The van der Waals surface area contributed by atoms with E-state index in [1.807, 2.05) is 6.07 Å². The highest BCUT2D eigenvalue weighted by atomic mass is 32.2. The van der Waals surface area contributed by atoms with Gasteiger partial charge in [0.1, 0.15) is 18.0 Å². The van der Waals surface area contributed by atoms with Crippen molar-refractivity contribution >= 4 is 34.3 Å². The molecular formula is C20H18N6O4S. The molecule has 0 radical (unpaired) electrons. The predicted molar refractivity (Wildman–Crippen MR) is 115 cm³/mol. The Hall–Kier alpha value is -3.62. The number of carbonyl (C=O) groups excluding carboxylic acids is 1. The van der Waals surface area contributed by atoms with Crippen LogP contribution in [0.2, 0.25) is 0 Å². The quantitative estimate of drug-likeness (QED) is 0.440. The monoisotopic (exact) mass is 438 g/mol. The Morgan fingerprint density at radius 2 is 2.32 bits per heavy atom. The molecule has 31 heavy (non-hydrogen) atoms. The number of fused-ring (bicyclic) bond motifs is 1. The minimum Gasteiger partial charge on any atom is -0.439 e. The molecule has 158 valence electrons. The summed E-state index contributed by atoms with van der Waals surface area (Å²) in [4.78, 5) is 31.5. The van der Waals surface area contributed by atoms with Crippen molar-refractivity contribution in [3.8, 4) is 17.7 Å². The molecule has 0 bridgehead atoms. The van der Waals surface area contributed by atoms with E-state index in [9.17, 15) is 20.2 Å². The Balaban J connectivity index is 1.51. The normalized spacial score (nSPS) is 16.8. The van der Waals surface area contributed by atoms with E-state index < -0.39 is 17.0 Å². The number of H-pyrrole nitrogens is 1. The minimum absolute atomic E-state index is 0.121. The summed E-state index contributed by atoms with van der Waals surface area (Å²) in [5, 5.41) is 20.8. The lowest BCUT2D eigenvalue weighted by Gasteiger charge is -2.22. The van der Waals surface area contributed by atoms with Crippen LogP contribution in [0.15, 0.2) is 42.7 Å². The molecule has 10 nitrogen and oxygen atoms in total. The second kappa shape index (κ2) is 8.63. The molecule has 1 fully saturated rings. The van der Waals surface area contributed by atoms with Gasteiger partial charge in [-0.15, -0.1) is 11.8 Å². The van der Waals surface area contributed by atoms with Gasteiger partial charge in [0.2, 0.25) is 11.8 Å². The number of nitrogens with two attached hydrogens (primary N) is 1. The molecular weight excluding hydrogens is 420 g/mol. The van der Waals surface area contributed by atoms with E-state index >= 15 is 0 Å². The SMILES string of the molecule is N#CC1CSCN1C(=O)C(N)Cc1c[nH]c2ccc(Oc3ccc([N+](=O)[O-])cn3)cc12. The van der Waals surface area contributed by atoms with Crippen molar-refractivity contribution in [1.29, 1.82) is 5.26 Å². The van der Waals surface area contributed by atoms with E-state index in [2.05, 4.69) is 16.0 Å². The highest BCUT2D eigenvalue weighted by molar-refractivity contribution is 7.99. The third-order valence-corrected chi connectivity index (χ3v) is 5.98. The third kappa shape index (κ3) is 4.30. The molecule has 3 N–H and O–H groups in total. The van der Waals surface area contributed by atoms with Gasteiger partial charge < -0.3 is 20.4 Å². The van der Waals surface area contributed by atoms with Gasteiger partial charge in [-0.05, 0) is 30.2 Å². The summed E-state index contributed by atoms with van der Waals surface area (Å²) in [6.45, 7) is 0. The standard InChI is InChI=1S/C20H18N6O4S/c21-7-14-10-31-11-25(14)20(27)17(22)5-12-8-23-18-3-2-15(6-16(12)18)30-19-4-1-13(9-24-19)26(28)29/h1-4,6,8-9,14,17,23H,5,10-11,22H2. The van der Waals surface area contributed by atoms with Crippen molar-refractivity contribution in [3.63, 3.8) is 0 Å². The first-order chi connectivity index (χ1) is 15.0. The first-order valence-corrected chi connectivity index (χ1v) is 10.5. The Bertz CT molecular complexity index is 1170. The zero-order valence-electron chi connectivity index (χ0n) is 16.2. The van der Waals surface area contributed by atoms with E-state index in [1.165, 1.54) is 28.8 Å². The number of hydrogen-bond acceptors (Lipinski definition) is 8. The molecule has 2 unspecified atom stereocenters. The van der Waals surface area contributed by atoms with Gasteiger partial charge in [0.05, 0.1) is 22.9 Å². The Morgan fingerprint density at radius 3 is 3.03 bits per heavy atom. The van der Waals surface area contributed by atoms with Gasteiger partial charge >= 0.3 is 0 Å². The lowest BCUT2D eigenvalue weighted by Crippen LogP contribution is -2.47. The van der Waals surface area contributed by atoms with Crippen molar-refractivity contribution in [2.24, 2.45) is 5.73 Å². The second-order valence-electron chi connectivity index (χ2n) is 7.00. The molecule has 2 atom stereocenters. The van der Waals surface area contributed by atoms with E-state index in [-0.39, 0.29) is 17.5 Å². The van der Waals surface area contributed by atoms with E-state index in [4.69, 9.17) is 10.5 Å². The first-order valence-electron chi connectivity index (χ1n) is 9.38. The summed E-state index contributed by atoms with van der Waals surface area (Å²) in [5.41, 5.74) is 7.75. The topological polar surface area (TPSA) is 151 Å². The number of pyridine rings is 1. The van der Waals surface area contributed by atoms with Crippen LogP contribution in [0.3, 0.4) is 0 Å². The van der Waals surface area contributed by atoms with Crippen LogP contribution in [0.4, 0.5) is 5.69 Å². The molecule has 1 aromatic carbocycles. The Kier molecular flexibility index (Phi) is 5.75. The zero-order chi connectivity index (χ0) is 22.0. The molecule has 3 heterocycles. The number of aromatic amines is 1. The minimum atomic E-state index is -0.769. The summed E-state index contributed by atoms with van der Waals surface area (Å²) in [6, 6.07) is 9.04. The van der Waals surface area contributed by atoms with Crippen LogP contribution in [0.5, 0.6) is 11.6 Å². The Labute approximate surface area is 181 Å². The van der Waals surface area contributed by atoms with Crippen LogP contribution in [-0.4, -0.2) is 49.4 Å². The van der Waals surface area contributed by atoms with Crippen LogP contribution < -0.4 is 10.5 Å². The fraction of sp³-hybridized carbons (Fsp3) is 0.250. The van der Waals surface area contributed by atoms with Gasteiger partial charge in [-0.25, -0.2) is 4.98 Å². The summed E-state index contributed by atoms with van der Waals surface area (Å²) < 4.78 is 5.72. The first kappa shape index (κ1) is 20.6. The van der Waals surface area contributed by atoms with Crippen molar-refractivity contribution in [2.45, 2.75) is 18.5 Å². The number of rotatable bonds is 6. The van der Waals surface area contributed by atoms with Gasteiger partial charge in [0, 0.05) is 35.0 Å². The van der Waals surface area contributed by atoms with E-state index in [0.717, 1.165) is 22.7 Å². The smallest absolute Gasteiger partial charge is 0.287 e. The van der Waals surface area contributed by atoms with Gasteiger partial charge in [-0.1, -0.05) is 0 Å². The van der Waals surface area contributed by atoms with Crippen molar-refractivity contribution < 1.29 is 14.5 Å². The summed E-state index contributed by atoms with van der Waals surface area (Å²) in [5.74, 6) is 1.55. The molecule has 1 aliphatic rings. The average molecular weight is 438 g/mol. The molecule has 0 saturated carbocycles. The number of nitro groups is 1. The number of benzene rings is 1. The molecule has 2 aromatic heterocycles. The fourth-order valence-corrected chi connectivity index (χ4v) is 4.44. The molecule has 3 aromatic rings. The van der Waals surface area contributed by atoms with Gasteiger partial charge in [-0.2, -0.15) is 5.26 Å². The molecule has 0 aliphatic carbocycles. The van der Waals surface area contributed by atoms with Crippen LogP contribution in [0, 0.1) is 21.4 Å². The number of hydrogen-bond donors (Lipinski definition) is 2. The van der Waals surface area contributed by atoms with E-state index in [0.29, 0.717) is 23.8 Å². The number of aromatic nitrogens is 2. The van der Waals surface area contributed by atoms with Gasteiger partial charge in [-0.3, -0.25) is 14.9 Å². The van der Waals surface area contributed by atoms with Crippen molar-refractivity contribution in [2.75, 3.05) is 11.6 Å². The third-order valence-electron chi connectivity index (χ3n) is 4.96. The molecule has 4 rings (SSSR count). The highest BCUT2D eigenvalue weighted by Crippen LogP contribution is 2.28. The maximum Gasteiger partial charge on any atom is 0.287 e. The van der Waals surface area contributed by atoms with E-state index in [1.54, 1.807) is 18.3 Å². The number of nitrogens with one attached hydrogen (secondary N) is 1. The largest absolute Gasteiger partial charge is 0.439 e. The second-order valence-corrected chi connectivity index (χ2v) is 8.00. The van der Waals surface area contributed by atoms with Gasteiger partial charge in [0.15, 0.2) is 0 Å². The fourth-order valence-electron chi connectivity index (χ4n) is 3.36.